The molecule has 1 saturated heterocycles. The van der Waals surface area contributed by atoms with Gasteiger partial charge in [0.2, 0.25) is 5.91 Å². The summed E-state index contributed by atoms with van der Waals surface area (Å²) in [4.78, 5) is 15.5. The summed E-state index contributed by atoms with van der Waals surface area (Å²) in [6.07, 6.45) is 1.65. The average Bonchev–Trinajstić information content (AvgIpc) is 3.25. The van der Waals surface area contributed by atoms with Gasteiger partial charge >= 0.3 is 0 Å². The second-order valence-electron chi connectivity index (χ2n) is 8.17. The smallest absolute Gasteiger partial charge is 0.256 e. The maximum atomic E-state index is 14.9. The van der Waals surface area contributed by atoms with E-state index in [2.05, 4.69) is 15.6 Å². The van der Waals surface area contributed by atoms with E-state index in [4.69, 9.17) is 21.7 Å². The van der Waals surface area contributed by atoms with Crippen LogP contribution in [-0.2, 0) is 20.8 Å². The Morgan fingerprint density at radius 3 is 2.47 bits per heavy atom. The van der Waals surface area contributed by atoms with Gasteiger partial charge < -0.3 is 29.7 Å². The number of benzene rings is 1. The molecule has 0 radical (unpaired) electrons. The number of aliphatic hydroxyl groups is 1. The molecule has 1 aromatic heterocycles. The predicted molar refractivity (Wildman–Crippen MR) is 123 cm³/mol. The van der Waals surface area contributed by atoms with Crippen molar-refractivity contribution in [3.05, 3.63) is 35.7 Å². The zero-order valence-electron chi connectivity index (χ0n) is 19.3. The summed E-state index contributed by atoms with van der Waals surface area (Å²) in [5.74, 6) is -2.90. The van der Waals surface area contributed by atoms with Crippen molar-refractivity contribution < 1.29 is 28.2 Å². The summed E-state index contributed by atoms with van der Waals surface area (Å²) in [5, 5.41) is 20.4. The van der Waals surface area contributed by atoms with Gasteiger partial charge in [-0.1, -0.05) is 5.21 Å². The number of nitrogens with one attached hydrogen (secondary N) is 1. The van der Waals surface area contributed by atoms with Crippen LogP contribution in [0.1, 0.15) is 26.0 Å². The monoisotopic (exact) mass is 498 g/mol. The molecule has 1 fully saturated rings. The maximum absolute atomic E-state index is 14.9. The van der Waals surface area contributed by atoms with E-state index in [0.717, 1.165) is 0 Å². The number of halogens is 2. The normalized spacial score (nSPS) is 14.3. The Morgan fingerprint density at radius 1 is 1.24 bits per heavy atom. The largest absolute Gasteiger partial charge is 0.474 e. The summed E-state index contributed by atoms with van der Waals surface area (Å²) in [7, 11) is 1.44. The molecule has 0 saturated carbocycles. The predicted octanol–water partition coefficient (Wildman–Crippen LogP) is 1.35. The van der Waals surface area contributed by atoms with Crippen LogP contribution in [0.2, 0.25) is 0 Å². The van der Waals surface area contributed by atoms with Crippen LogP contribution in [0, 0.1) is 11.6 Å². The fourth-order valence-corrected chi connectivity index (χ4v) is 3.52. The first-order chi connectivity index (χ1) is 16.1. The molecule has 2 heterocycles. The number of rotatable bonds is 8. The molecule has 186 valence electrons. The molecule has 1 aliphatic heterocycles. The van der Waals surface area contributed by atoms with E-state index in [-0.39, 0.29) is 55.1 Å². The number of thiocarbonyl (C=S) groups is 1. The minimum atomic E-state index is -1.30. The molecule has 10 nitrogen and oxygen atoms in total. The van der Waals surface area contributed by atoms with Gasteiger partial charge in [0.05, 0.1) is 38.6 Å². The fraction of sp³-hybridized carbons (Fsp3) is 0.524. The highest BCUT2D eigenvalue weighted by Crippen LogP contribution is 2.27. The highest BCUT2D eigenvalue weighted by atomic mass is 32.1. The number of carbonyl (C=O) groups is 1. The van der Waals surface area contributed by atoms with Crippen molar-refractivity contribution >= 4 is 29.0 Å². The lowest BCUT2D eigenvalue weighted by molar-refractivity contribution is -0.178. The summed E-state index contributed by atoms with van der Waals surface area (Å²) in [6, 6.07) is 2.38. The lowest BCUT2D eigenvalue weighted by Gasteiger charge is -2.36. The molecule has 0 spiro atoms. The van der Waals surface area contributed by atoms with Crippen LogP contribution >= 0.6 is 12.2 Å². The third-order valence-electron chi connectivity index (χ3n) is 5.13. The number of hydrogen-bond donors (Lipinski definition) is 2. The molecule has 34 heavy (non-hydrogen) atoms. The minimum absolute atomic E-state index is 0.0897. The van der Waals surface area contributed by atoms with Gasteiger partial charge in [0.15, 0.2) is 17.4 Å². The zero-order chi connectivity index (χ0) is 24.9. The number of aromatic nitrogens is 3. The Bertz CT molecular complexity index is 998. The number of carbonyl (C=O) groups excluding carboxylic acids is 1. The molecule has 13 heteroatoms. The van der Waals surface area contributed by atoms with Crippen molar-refractivity contribution in [3.63, 3.8) is 0 Å². The number of piperazine rings is 1. The second-order valence-corrected chi connectivity index (χ2v) is 8.54. The number of nitrogens with zero attached hydrogens (tertiary/aromatic N) is 5. The molecule has 0 bridgehead atoms. The molecule has 2 N–H and O–H groups in total. The van der Waals surface area contributed by atoms with Crippen molar-refractivity contribution in [1.82, 2.24) is 25.2 Å². The summed E-state index contributed by atoms with van der Waals surface area (Å²) in [6.45, 7) is 4.53. The molecule has 0 aliphatic carbocycles. The van der Waals surface area contributed by atoms with Crippen molar-refractivity contribution in [2.24, 2.45) is 0 Å². The highest BCUT2D eigenvalue weighted by Gasteiger charge is 2.26. The standard InChI is InChI=1S/C21H28F2N6O4S/c1-21(2,31)33-9-4-18(30)27-5-7-28(8-6-27)19-16(22)10-15(11-17(19)23)29-13-14(25-26-29)12-24-20(34)32-3/h10-11,13,31H,4-9,12H2,1-3H3,(H,24,34). The molecule has 1 amide bonds. The van der Waals surface area contributed by atoms with E-state index < -0.39 is 17.4 Å². The van der Waals surface area contributed by atoms with Crippen LogP contribution < -0.4 is 10.2 Å². The minimum Gasteiger partial charge on any atom is -0.474 e. The molecule has 3 rings (SSSR count). The van der Waals surface area contributed by atoms with Gasteiger partial charge in [-0.25, -0.2) is 13.5 Å². The van der Waals surface area contributed by atoms with E-state index in [1.54, 1.807) is 9.80 Å². The van der Waals surface area contributed by atoms with Crippen molar-refractivity contribution in [1.29, 1.82) is 0 Å². The number of hydrogen-bond acceptors (Lipinski definition) is 8. The Morgan fingerprint density at radius 2 is 1.88 bits per heavy atom. The number of anilines is 1. The first kappa shape index (κ1) is 25.7. The van der Waals surface area contributed by atoms with Gasteiger partial charge in [0.25, 0.3) is 5.17 Å². The Hall–Kier alpha value is -2.90. The highest BCUT2D eigenvalue weighted by molar-refractivity contribution is 7.80. The van der Waals surface area contributed by atoms with Crippen LogP contribution in [0.4, 0.5) is 14.5 Å². The van der Waals surface area contributed by atoms with E-state index in [1.807, 2.05) is 0 Å². The van der Waals surface area contributed by atoms with Crippen molar-refractivity contribution in [2.45, 2.75) is 32.6 Å². The van der Waals surface area contributed by atoms with Crippen LogP contribution in [0.25, 0.3) is 5.69 Å². The van der Waals surface area contributed by atoms with Gasteiger partial charge in [0.1, 0.15) is 11.4 Å². The zero-order valence-corrected chi connectivity index (χ0v) is 20.1. The first-order valence-electron chi connectivity index (χ1n) is 10.7. The average molecular weight is 499 g/mol. The molecule has 1 aromatic carbocycles. The summed E-state index contributed by atoms with van der Waals surface area (Å²) in [5.41, 5.74) is 0.555. The Labute approximate surface area is 201 Å². The van der Waals surface area contributed by atoms with Gasteiger partial charge in [-0.05, 0) is 26.1 Å². The van der Waals surface area contributed by atoms with Gasteiger partial charge in [-0.2, -0.15) is 0 Å². The number of amides is 1. The number of methoxy groups -OCH3 is 1. The Balaban J connectivity index is 1.60. The van der Waals surface area contributed by atoms with Crippen LogP contribution in [0.3, 0.4) is 0 Å². The third kappa shape index (κ3) is 6.81. The molecular weight excluding hydrogens is 470 g/mol. The fourth-order valence-electron chi connectivity index (χ4n) is 3.45. The molecule has 0 unspecified atom stereocenters. The van der Waals surface area contributed by atoms with E-state index in [0.29, 0.717) is 18.8 Å². The van der Waals surface area contributed by atoms with Crippen molar-refractivity contribution in [2.75, 3.05) is 44.8 Å². The summed E-state index contributed by atoms with van der Waals surface area (Å²) >= 11 is 4.89. The maximum Gasteiger partial charge on any atom is 0.256 e. The molecule has 1 aliphatic rings. The van der Waals surface area contributed by atoms with Gasteiger partial charge in [-0.3, -0.25) is 4.79 Å². The van der Waals surface area contributed by atoms with Gasteiger partial charge in [0, 0.05) is 38.3 Å². The van der Waals surface area contributed by atoms with E-state index >= 15 is 0 Å². The van der Waals surface area contributed by atoms with E-state index in [1.165, 1.54) is 44.0 Å². The van der Waals surface area contributed by atoms with Crippen LogP contribution in [0.15, 0.2) is 18.3 Å². The lowest BCUT2D eigenvalue weighted by atomic mass is 10.2. The lowest BCUT2D eigenvalue weighted by Crippen LogP contribution is -2.49. The Kier molecular flexibility index (Phi) is 8.33. The van der Waals surface area contributed by atoms with Crippen LogP contribution in [0.5, 0.6) is 0 Å². The summed E-state index contributed by atoms with van der Waals surface area (Å²) < 4.78 is 41.1. The molecule has 2 aromatic rings. The number of ether oxygens (including phenoxy) is 2. The SMILES string of the molecule is COC(=S)NCc1cn(-c2cc(F)c(N3CCN(C(=O)CCOC(C)(C)O)CC3)c(F)c2)nn1. The molecule has 0 atom stereocenters. The third-order valence-corrected chi connectivity index (χ3v) is 5.44. The van der Waals surface area contributed by atoms with Crippen molar-refractivity contribution in [3.8, 4) is 5.69 Å². The second kappa shape index (κ2) is 11.0. The van der Waals surface area contributed by atoms with E-state index in [9.17, 15) is 18.7 Å². The topological polar surface area (TPSA) is 105 Å². The van der Waals surface area contributed by atoms with Crippen LogP contribution in [-0.4, -0.2) is 81.8 Å². The quantitative estimate of drug-likeness (QED) is 0.412. The van der Waals surface area contributed by atoms with Gasteiger partial charge in [-0.15, -0.1) is 5.10 Å². The molecular formula is C21H28F2N6O4S. The first-order valence-corrected chi connectivity index (χ1v) is 11.1.